The second kappa shape index (κ2) is 15.6. The summed E-state index contributed by atoms with van der Waals surface area (Å²) in [7, 11) is 0. The first-order valence-corrected chi connectivity index (χ1v) is 22.2. The predicted octanol–water partition coefficient (Wildman–Crippen LogP) is 16.3. The topological polar surface area (TPSA) is 0 Å². The third kappa shape index (κ3) is 6.91. The maximum atomic E-state index is 2.37. The third-order valence-electron chi connectivity index (χ3n) is 13.5. The lowest BCUT2D eigenvalue weighted by Crippen LogP contribution is -2.03. The van der Waals surface area contributed by atoms with Gasteiger partial charge in [-0.15, -0.1) is 0 Å². The van der Waals surface area contributed by atoms with E-state index in [0.29, 0.717) is 0 Å². The highest BCUT2D eigenvalue weighted by Gasteiger charge is 2.21. The maximum Gasteiger partial charge on any atom is 0.0340 e. The van der Waals surface area contributed by atoms with E-state index < -0.39 is 0 Å². The summed E-state index contributed by atoms with van der Waals surface area (Å²) < 4.78 is 0. The normalized spacial score (nSPS) is 12.1. The lowest BCUT2D eigenvalue weighted by molar-refractivity contribution is 0.978. The minimum Gasteiger partial charge on any atom is -0.0622 e. The summed E-state index contributed by atoms with van der Waals surface area (Å²) >= 11 is 0. The summed E-state index contributed by atoms with van der Waals surface area (Å²) in [5.41, 5.74) is 27.3. The van der Waals surface area contributed by atoms with Crippen LogP contribution in [0.15, 0.2) is 237 Å². The summed E-state index contributed by atoms with van der Waals surface area (Å²) in [6.07, 6.45) is 2.04. The molecule has 0 amide bonds. The summed E-state index contributed by atoms with van der Waals surface area (Å²) in [6, 6.07) is 87.9. The van der Waals surface area contributed by atoms with Gasteiger partial charge >= 0.3 is 0 Å². The van der Waals surface area contributed by atoms with Gasteiger partial charge in [-0.05, 0) is 142 Å². The first kappa shape index (κ1) is 37.0. The van der Waals surface area contributed by atoms with E-state index in [1.54, 1.807) is 0 Å². The molecule has 0 nitrogen and oxygen atoms in total. The molecule has 0 heterocycles. The molecule has 0 spiro atoms. The van der Waals surface area contributed by atoms with Crippen molar-refractivity contribution in [3.8, 4) is 77.9 Å². The first-order valence-electron chi connectivity index (χ1n) is 22.2. The molecule has 0 unspecified atom stereocenters. The minimum atomic E-state index is 0.0811. The van der Waals surface area contributed by atoms with Crippen molar-refractivity contribution in [2.75, 3.05) is 0 Å². The van der Waals surface area contributed by atoms with Gasteiger partial charge in [-0.25, -0.2) is 0 Å². The van der Waals surface area contributed by atoms with E-state index in [1.165, 1.54) is 117 Å². The Morgan fingerprint density at radius 1 is 0.206 bits per heavy atom. The number of hydrogen-bond donors (Lipinski definition) is 0. The second-order valence-electron chi connectivity index (χ2n) is 17.2. The van der Waals surface area contributed by atoms with E-state index >= 15 is 0 Å². The van der Waals surface area contributed by atoms with Crippen molar-refractivity contribution in [1.82, 2.24) is 0 Å². The molecule has 2 aliphatic rings. The molecule has 0 heteroatoms. The molecule has 296 valence electrons. The van der Waals surface area contributed by atoms with Gasteiger partial charge in [0.15, 0.2) is 0 Å². The molecule has 10 aromatic carbocycles. The SMILES string of the molecule is c1ccc(-c2ccc(C(c3ccc(-c4ccc(-c5ccc6c(c5)-c5ccccc5C6)cc4)cc3)c3ccc(-c4ccc(-c5ccc6c(c5)-c5ccccc5C6)cc4)cc3)cc2)cc1. The van der Waals surface area contributed by atoms with Gasteiger partial charge < -0.3 is 0 Å². The van der Waals surface area contributed by atoms with Crippen molar-refractivity contribution >= 4 is 0 Å². The molecule has 0 saturated heterocycles. The van der Waals surface area contributed by atoms with Crippen LogP contribution in [0.2, 0.25) is 0 Å². The van der Waals surface area contributed by atoms with Crippen molar-refractivity contribution in [2.24, 2.45) is 0 Å². The van der Waals surface area contributed by atoms with E-state index in [9.17, 15) is 0 Å². The summed E-state index contributed by atoms with van der Waals surface area (Å²) in [5, 5.41) is 0. The van der Waals surface area contributed by atoms with Crippen molar-refractivity contribution in [2.45, 2.75) is 18.8 Å². The number of fused-ring (bicyclic) bond motifs is 6. The van der Waals surface area contributed by atoms with Gasteiger partial charge in [0.25, 0.3) is 0 Å². The van der Waals surface area contributed by atoms with Crippen LogP contribution in [-0.2, 0) is 12.8 Å². The summed E-state index contributed by atoms with van der Waals surface area (Å²) in [5.74, 6) is 0.0811. The Kier molecular flexibility index (Phi) is 9.16. The predicted molar refractivity (Wildman–Crippen MR) is 264 cm³/mol. The fraction of sp³-hybridized carbons (Fsp3) is 0.0476. The summed E-state index contributed by atoms with van der Waals surface area (Å²) in [6.45, 7) is 0. The van der Waals surface area contributed by atoms with Crippen molar-refractivity contribution in [1.29, 1.82) is 0 Å². The third-order valence-corrected chi connectivity index (χ3v) is 13.5. The Morgan fingerprint density at radius 3 is 0.857 bits per heavy atom. The molecule has 0 aromatic heterocycles. The van der Waals surface area contributed by atoms with E-state index in [1.807, 2.05) is 0 Å². The van der Waals surface area contributed by atoms with Crippen LogP contribution in [0, 0.1) is 0 Å². The highest BCUT2D eigenvalue weighted by Crippen LogP contribution is 2.41. The largest absolute Gasteiger partial charge is 0.0622 e. The van der Waals surface area contributed by atoms with Crippen molar-refractivity contribution in [3.05, 3.63) is 276 Å². The van der Waals surface area contributed by atoms with Gasteiger partial charge in [0.2, 0.25) is 0 Å². The van der Waals surface area contributed by atoms with E-state index in [4.69, 9.17) is 0 Å². The number of benzene rings is 10. The fourth-order valence-electron chi connectivity index (χ4n) is 10.1. The van der Waals surface area contributed by atoms with Crippen LogP contribution in [-0.4, -0.2) is 0 Å². The molecule has 2 aliphatic carbocycles. The van der Waals surface area contributed by atoms with Gasteiger partial charge in [0.05, 0.1) is 0 Å². The number of hydrogen-bond acceptors (Lipinski definition) is 0. The monoisotopic (exact) mass is 800 g/mol. The Balaban J connectivity index is 0.820. The average molecular weight is 801 g/mol. The minimum absolute atomic E-state index is 0.0811. The van der Waals surface area contributed by atoms with Crippen LogP contribution in [0.25, 0.3) is 77.9 Å². The zero-order chi connectivity index (χ0) is 41.7. The van der Waals surface area contributed by atoms with Crippen LogP contribution >= 0.6 is 0 Å². The Hall–Kier alpha value is -7.80. The molecule has 0 fully saturated rings. The van der Waals surface area contributed by atoms with Gasteiger partial charge in [-0.2, -0.15) is 0 Å². The highest BCUT2D eigenvalue weighted by molar-refractivity contribution is 5.83. The van der Waals surface area contributed by atoms with Crippen LogP contribution in [0.5, 0.6) is 0 Å². The molecule has 0 bridgehead atoms. The van der Waals surface area contributed by atoms with Crippen LogP contribution in [0.1, 0.15) is 44.9 Å². The highest BCUT2D eigenvalue weighted by atomic mass is 14.2. The fourth-order valence-corrected chi connectivity index (χ4v) is 10.1. The zero-order valence-electron chi connectivity index (χ0n) is 35.0. The molecule has 0 N–H and O–H groups in total. The van der Waals surface area contributed by atoms with Gasteiger partial charge in [-0.1, -0.05) is 224 Å². The van der Waals surface area contributed by atoms with Crippen molar-refractivity contribution < 1.29 is 0 Å². The molecular formula is C63H44. The molecule has 12 rings (SSSR count). The Morgan fingerprint density at radius 2 is 0.476 bits per heavy atom. The Bertz CT molecular complexity index is 3080. The molecule has 0 aliphatic heterocycles. The molecule has 0 saturated carbocycles. The van der Waals surface area contributed by atoms with Crippen molar-refractivity contribution in [3.63, 3.8) is 0 Å². The van der Waals surface area contributed by atoms with Crippen LogP contribution < -0.4 is 0 Å². The average Bonchev–Trinajstić information content (AvgIpc) is 3.93. The van der Waals surface area contributed by atoms with E-state index in [0.717, 1.165) is 12.8 Å². The molecule has 0 atom stereocenters. The number of rotatable bonds is 8. The van der Waals surface area contributed by atoms with Gasteiger partial charge in [-0.3, -0.25) is 0 Å². The van der Waals surface area contributed by atoms with Crippen LogP contribution in [0.4, 0.5) is 0 Å². The molecular weight excluding hydrogens is 757 g/mol. The standard InChI is InChI=1S/C63H44/c1-2-8-42(9-3-1)43-22-28-50(29-23-43)63(51-30-24-46(25-31-51)44-14-18-48(19-15-44)53-34-36-57-38-55-10-4-6-12-59(55)61(57)40-53)52-32-26-47(27-33-52)45-16-20-49(21-17-45)54-35-37-58-39-56-11-5-7-13-60(56)62(58)41-54/h1-37,40-41,63H,38-39H2. The molecule has 63 heavy (non-hydrogen) atoms. The van der Waals surface area contributed by atoms with E-state index in [-0.39, 0.29) is 5.92 Å². The van der Waals surface area contributed by atoms with E-state index in [2.05, 4.69) is 237 Å². The first-order chi connectivity index (χ1) is 31.2. The molecule has 0 radical (unpaired) electrons. The lowest BCUT2D eigenvalue weighted by Gasteiger charge is -2.20. The second-order valence-corrected chi connectivity index (χ2v) is 17.2. The molecule has 10 aromatic rings. The zero-order valence-corrected chi connectivity index (χ0v) is 35.0. The Labute approximate surface area is 370 Å². The smallest absolute Gasteiger partial charge is 0.0340 e. The summed E-state index contributed by atoms with van der Waals surface area (Å²) in [4.78, 5) is 0. The van der Waals surface area contributed by atoms with Crippen LogP contribution in [0.3, 0.4) is 0 Å². The quantitative estimate of drug-likeness (QED) is 0.134. The lowest BCUT2D eigenvalue weighted by atomic mass is 9.83. The van der Waals surface area contributed by atoms with Gasteiger partial charge in [0.1, 0.15) is 0 Å². The van der Waals surface area contributed by atoms with Gasteiger partial charge in [0, 0.05) is 5.92 Å². The maximum absolute atomic E-state index is 2.37.